The van der Waals surface area contributed by atoms with E-state index in [2.05, 4.69) is 5.32 Å². The van der Waals surface area contributed by atoms with Gasteiger partial charge in [-0.15, -0.1) is 0 Å². The predicted octanol–water partition coefficient (Wildman–Crippen LogP) is 2.17. The van der Waals surface area contributed by atoms with Gasteiger partial charge in [0.2, 0.25) is 0 Å². The number of aliphatic carboxylic acids is 1. The standard InChI is InChI=1S/C12H17F3N2O3/c13-12(14,15)11(6-7-11)17-9(20)16-10(8(18)19)4-2-1-3-5-10/h1-7H2,(H,18,19)(H2,16,17,20). The number of carbonyl (C=O) groups is 2. The zero-order valence-corrected chi connectivity index (χ0v) is 10.8. The Morgan fingerprint density at radius 2 is 1.50 bits per heavy atom. The van der Waals surface area contributed by atoms with Crippen LogP contribution in [0.3, 0.4) is 0 Å². The van der Waals surface area contributed by atoms with Crippen molar-refractivity contribution >= 4 is 12.0 Å². The second-order valence-corrected chi connectivity index (χ2v) is 5.61. The lowest BCUT2D eigenvalue weighted by Gasteiger charge is -2.34. The van der Waals surface area contributed by atoms with Crippen molar-refractivity contribution in [3.05, 3.63) is 0 Å². The third kappa shape index (κ3) is 2.69. The first-order valence-corrected chi connectivity index (χ1v) is 6.61. The summed E-state index contributed by atoms with van der Waals surface area (Å²) in [5.41, 5.74) is -3.62. The number of halogens is 3. The van der Waals surface area contributed by atoms with Crippen LogP contribution in [0.2, 0.25) is 0 Å². The van der Waals surface area contributed by atoms with Crippen molar-refractivity contribution in [1.82, 2.24) is 10.6 Å². The highest BCUT2D eigenvalue weighted by Crippen LogP contribution is 2.48. The molecule has 2 aliphatic rings. The number of hydrogen-bond acceptors (Lipinski definition) is 2. The molecule has 2 aliphatic carbocycles. The van der Waals surface area contributed by atoms with Crippen molar-refractivity contribution in [2.24, 2.45) is 0 Å². The van der Waals surface area contributed by atoms with Crippen molar-refractivity contribution < 1.29 is 27.9 Å². The van der Waals surface area contributed by atoms with Crippen LogP contribution < -0.4 is 10.6 Å². The number of hydrogen-bond donors (Lipinski definition) is 3. The minimum absolute atomic E-state index is 0.163. The van der Waals surface area contributed by atoms with Crippen LogP contribution in [0.4, 0.5) is 18.0 Å². The second kappa shape index (κ2) is 4.82. The molecule has 114 valence electrons. The topological polar surface area (TPSA) is 78.4 Å². The molecule has 2 fully saturated rings. The van der Waals surface area contributed by atoms with Crippen LogP contribution in [0, 0.1) is 0 Å². The molecule has 0 heterocycles. The highest BCUT2D eigenvalue weighted by Gasteiger charge is 2.64. The molecule has 0 unspecified atom stereocenters. The molecular weight excluding hydrogens is 277 g/mol. The Kier molecular flexibility index (Phi) is 3.60. The van der Waals surface area contributed by atoms with Crippen LogP contribution in [0.15, 0.2) is 0 Å². The smallest absolute Gasteiger partial charge is 0.411 e. The lowest BCUT2D eigenvalue weighted by molar-refractivity contribution is -0.162. The summed E-state index contributed by atoms with van der Waals surface area (Å²) in [5, 5.41) is 13.4. The van der Waals surface area contributed by atoms with Gasteiger partial charge in [0.25, 0.3) is 0 Å². The van der Waals surface area contributed by atoms with E-state index >= 15 is 0 Å². The maximum atomic E-state index is 12.7. The van der Waals surface area contributed by atoms with Gasteiger partial charge >= 0.3 is 18.2 Å². The van der Waals surface area contributed by atoms with E-state index in [1.807, 2.05) is 5.32 Å². The Balaban J connectivity index is 2.01. The third-order valence-electron chi connectivity index (χ3n) is 4.11. The number of rotatable bonds is 3. The number of nitrogens with one attached hydrogen (secondary N) is 2. The van der Waals surface area contributed by atoms with E-state index < -0.39 is 29.3 Å². The highest BCUT2D eigenvalue weighted by atomic mass is 19.4. The number of carboxylic acid groups (broad SMARTS) is 1. The average molecular weight is 294 g/mol. The first-order valence-electron chi connectivity index (χ1n) is 6.61. The number of urea groups is 1. The molecule has 2 amide bonds. The molecule has 0 spiro atoms. The van der Waals surface area contributed by atoms with Crippen molar-refractivity contribution in [2.75, 3.05) is 0 Å². The Labute approximate surface area is 113 Å². The molecule has 0 atom stereocenters. The lowest BCUT2D eigenvalue weighted by atomic mass is 9.82. The van der Waals surface area contributed by atoms with Gasteiger partial charge in [0.15, 0.2) is 0 Å². The van der Waals surface area contributed by atoms with Crippen LogP contribution in [0.1, 0.15) is 44.9 Å². The Morgan fingerprint density at radius 3 is 1.90 bits per heavy atom. The van der Waals surface area contributed by atoms with E-state index in [-0.39, 0.29) is 25.7 Å². The van der Waals surface area contributed by atoms with Gasteiger partial charge in [0, 0.05) is 0 Å². The molecule has 0 aromatic heterocycles. The first-order chi connectivity index (χ1) is 9.21. The molecule has 0 aromatic carbocycles. The Morgan fingerprint density at radius 1 is 0.950 bits per heavy atom. The van der Waals surface area contributed by atoms with E-state index in [4.69, 9.17) is 0 Å². The summed E-state index contributed by atoms with van der Waals surface area (Å²) in [6.07, 6.45) is -2.20. The number of alkyl halides is 3. The summed E-state index contributed by atoms with van der Waals surface area (Å²) in [7, 11) is 0. The zero-order valence-electron chi connectivity index (χ0n) is 10.8. The molecule has 20 heavy (non-hydrogen) atoms. The molecule has 0 bridgehead atoms. The summed E-state index contributed by atoms with van der Waals surface area (Å²) < 4.78 is 38.2. The summed E-state index contributed by atoms with van der Waals surface area (Å²) in [4.78, 5) is 23.1. The number of amides is 2. The van der Waals surface area contributed by atoms with Crippen molar-refractivity contribution in [3.8, 4) is 0 Å². The van der Waals surface area contributed by atoms with E-state index in [1.54, 1.807) is 0 Å². The van der Waals surface area contributed by atoms with Gasteiger partial charge in [0.1, 0.15) is 11.1 Å². The van der Waals surface area contributed by atoms with Gasteiger partial charge in [-0.1, -0.05) is 19.3 Å². The average Bonchev–Trinajstić information content (AvgIpc) is 3.10. The van der Waals surface area contributed by atoms with Crippen LogP contribution in [-0.4, -0.2) is 34.4 Å². The molecule has 0 aromatic rings. The molecule has 2 saturated carbocycles. The van der Waals surface area contributed by atoms with E-state index in [0.717, 1.165) is 6.42 Å². The van der Waals surface area contributed by atoms with Gasteiger partial charge < -0.3 is 15.7 Å². The van der Waals surface area contributed by atoms with Gasteiger partial charge in [-0.05, 0) is 25.7 Å². The fourth-order valence-electron chi connectivity index (χ4n) is 2.62. The second-order valence-electron chi connectivity index (χ2n) is 5.61. The SMILES string of the molecule is O=C(NC1(C(=O)O)CCCCC1)NC1(C(F)(F)F)CC1. The molecule has 3 N–H and O–H groups in total. The van der Waals surface area contributed by atoms with Crippen molar-refractivity contribution in [3.63, 3.8) is 0 Å². The van der Waals surface area contributed by atoms with E-state index in [1.165, 1.54) is 0 Å². The van der Waals surface area contributed by atoms with Gasteiger partial charge in [-0.2, -0.15) is 13.2 Å². The first kappa shape index (κ1) is 14.9. The maximum absolute atomic E-state index is 12.7. The maximum Gasteiger partial charge on any atom is 0.411 e. The molecule has 5 nitrogen and oxygen atoms in total. The minimum atomic E-state index is -4.51. The fourth-order valence-corrected chi connectivity index (χ4v) is 2.62. The quantitative estimate of drug-likeness (QED) is 0.746. The van der Waals surface area contributed by atoms with E-state index in [0.29, 0.717) is 12.8 Å². The zero-order chi connectivity index (χ0) is 15.0. The molecular formula is C12H17F3N2O3. The molecule has 2 rings (SSSR count). The Hall–Kier alpha value is -1.47. The minimum Gasteiger partial charge on any atom is -0.480 e. The summed E-state index contributed by atoms with van der Waals surface area (Å²) in [6, 6.07) is -1.05. The normalized spacial score (nSPS) is 23.8. The van der Waals surface area contributed by atoms with Gasteiger partial charge in [-0.3, -0.25) is 0 Å². The number of carbonyl (C=O) groups excluding carboxylic acids is 1. The largest absolute Gasteiger partial charge is 0.480 e. The summed E-state index contributed by atoms with van der Waals surface area (Å²) >= 11 is 0. The monoisotopic (exact) mass is 294 g/mol. The van der Waals surface area contributed by atoms with E-state index in [9.17, 15) is 27.9 Å². The fraction of sp³-hybridized carbons (Fsp3) is 0.833. The van der Waals surface area contributed by atoms with Crippen molar-refractivity contribution in [1.29, 1.82) is 0 Å². The predicted molar refractivity (Wildman–Crippen MR) is 63.1 cm³/mol. The molecule has 0 radical (unpaired) electrons. The van der Waals surface area contributed by atoms with Crippen molar-refractivity contribution in [2.45, 2.75) is 62.2 Å². The molecule has 8 heteroatoms. The number of carboxylic acids is 1. The highest BCUT2D eigenvalue weighted by molar-refractivity contribution is 5.86. The summed E-state index contributed by atoms with van der Waals surface area (Å²) in [5.74, 6) is -1.19. The third-order valence-corrected chi connectivity index (χ3v) is 4.11. The van der Waals surface area contributed by atoms with Crippen LogP contribution in [-0.2, 0) is 4.79 Å². The molecule has 0 saturated heterocycles. The van der Waals surface area contributed by atoms with Crippen LogP contribution in [0.25, 0.3) is 0 Å². The van der Waals surface area contributed by atoms with Crippen LogP contribution in [0.5, 0.6) is 0 Å². The Bertz CT molecular complexity index is 413. The molecule has 0 aliphatic heterocycles. The summed E-state index contributed by atoms with van der Waals surface area (Å²) in [6.45, 7) is 0. The van der Waals surface area contributed by atoms with Crippen LogP contribution >= 0.6 is 0 Å². The lowest BCUT2D eigenvalue weighted by Crippen LogP contribution is -2.61. The van der Waals surface area contributed by atoms with Gasteiger partial charge in [-0.25, -0.2) is 9.59 Å². The van der Waals surface area contributed by atoms with Gasteiger partial charge in [0.05, 0.1) is 0 Å².